The van der Waals surface area contributed by atoms with Crippen LogP contribution in [0.15, 0.2) is 24.8 Å². The molecule has 0 saturated carbocycles. The van der Waals surface area contributed by atoms with Gasteiger partial charge in [-0.15, -0.1) is 0 Å². The number of hydrogen-bond acceptors (Lipinski definition) is 8. The Balaban J connectivity index is 1.59. The fourth-order valence-corrected chi connectivity index (χ4v) is 3.06. The maximum atomic E-state index is 10.1. The second kappa shape index (κ2) is 6.68. The summed E-state index contributed by atoms with van der Waals surface area (Å²) in [6.07, 6.45) is 5.06. The number of imidazole rings is 1. The summed E-state index contributed by atoms with van der Waals surface area (Å²) in [6, 6.07) is 2.82. The minimum absolute atomic E-state index is 0.0161. The van der Waals surface area contributed by atoms with Gasteiger partial charge in [0.25, 0.3) is 0 Å². The van der Waals surface area contributed by atoms with Crippen molar-refractivity contribution in [2.45, 2.75) is 25.6 Å². The van der Waals surface area contributed by atoms with E-state index < -0.39 is 0 Å². The molecule has 1 aliphatic heterocycles. The van der Waals surface area contributed by atoms with E-state index in [1.165, 1.54) is 25.6 Å². The topological polar surface area (TPSA) is 115 Å². The number of aromatic hydroxyl groups is 2. The van der Waals surface area contributed by atoms with Gasteiger partial charge in [-0.3, -0.25) is 4.57 Å². The Hall–Kier alpha value is -3.07. The molecular weight excluding hydrogens is 338 g/mol. The number of anilines is 1. The second-order valence-corrected chi connectivity index (χ2v) is 6.02. The molecule has 1 aromatic carbocycles. The molecule has 9 nitrogen and oxygen atoms in total. The molecule has 1 atom stereocenters. The number of nitrogens with zero attached hydrogens (tertiary/aromatic N) is 4. The highest BCUT2D eigenvalue weighted by Crippen LogP contribution is 2.34. The zero-order chi connectivity index (χ0) is 18.1. The van der Waals surface area contributed by atoms with Crippen LogP contribution in [0.1, 0.15) is 24.6 Å². The molecule has 0 amide bonds. The molecule has 0 bridgehead atoms. The molecule has 3 heterocycles. The molecular formula is C17H19N5O4. The number of nitrogens with one attached hydrogen (secondary N) is 1. The molecule has 2 aromatic heterocycles. The predicted octanol–water partition coefficient (Wildman–Crippen LogP) is 2.17. The fourth-order valence-electron chi connectivity index (χ4n) is 3.06. The standard InChI is InChI=1S/C17H19N5O4/c1-25-13-6-11(23)10(5-12(13)24)7-18-16-15-17(20-8-19-16)22(9-21-15)14-3-2-4-26-14/h5-6,8-9,14,23-24H,2-4,7H2,1H3,(H,18,19,20). The summed E-state index contributed by atoms with van der Waals surface area (Å²) in [4.78, 5) is 13.0. The lowest BCUT2D eigenvalue weighted by atomic mass is 10.1. The molecule has 136 valence electrons. The first-order valence-corrected chi connectivity index (χ1v) is 8.29. The van der Waals surface area contributed by atoms with Crippen molar-refractivity contribution in [2.75, 3.05) is 19.0 Å². The van der Waals surface area contributed by atoms with Crippen LogP contribution in [0, 0.1) is 0 Å². The molecule has 9 heteroatoms. The van der Waals surface area contributed by atoms with Crippen molar-refractivity contribution in [1.29, 1.82) is 0 Å². The zero-order valence-corrected chi connectivity index (χ0v) is 14.2. The van der Waals surface area contributed by atoms with Crippen LogP contribution in [0.3, 0.4) is 0 Å². The lowest BCUT2D eigenvalue weighted by Gasteiger charge is -2.12. The third kappa shape index (κ3) is 2.86. The first-order valence-electron chi connectivity index (χ1n) is 8.29. The molecule has 1 fully saturated rings. The molecule has 0 spiro atoms. The normalized spacial score (nSPS) is 16.9. The predicted molar refractivity (Wildman–Crippen MR) is 93.2 cm³/mol. The monoisotopic (exact) mass is 357 g/mol. The molecule has 4 rings (SSSR count). The van der Waals surface area contributed by atoms with Crippen LogP contribution >= 0.6 is 0 Å². The van der Waals surface area contributed by atoms with Crippen LogP contribution in [0.2, 0.25) is 0 Å². The van der Waals surface area contributed by atoms with Crippen molar-refractivity contribution in [3.05, 3.63) is 30.4 Å². The van der Waals surface area contributed by atoms with Gasteiger partial charge in [0, 0.05) is 24.8 Å². The van der Waals surface area contributed by atoms with Crippen LogP contribution in [-0.2, 0) is 11.3 Å². The van der Waals surface area contributed by atoms with Crippen molar-refractivity contribution < 1.29 is 19.7 Å². The summed E-state index contributed by atoms with van der Waals surface area (Å²) in [5.41, 5.74) is 1.82. The molecule has 26 heavy (non-hydrogen) atoms. The maximum absolute atomic E-state index is 10.1. The van der Waals surface area contributed by atoms with Gasteiger partial charge < -0.3 is 25.0 Å². The Morgan fingerprint density at radius 3 is 2.92 bits per heavy atom. The van der Waals surface area contributed by atoms with Gasteiger partial charge in [-0.25, -0.2) is 15.0 Å². The van der Waals surface area contributed by atoms with E-state index in [1.807, 2.05) is 4.57 Å². The molecule has 1 unspecified atom stereocenters. The highest BCUT2D eigenvalue weighted by atomic mass is 16.5. The number of hydrogen-bond donors (Lipinski definition) is 3. The first kappa shape index (κ1) is 16.4. The van der Waals surface area contributed by atoms with E-state index in [1.54, 1.807) is 6.33 Å². The van der Waals surface area contributed by atoms with E-state index in [0.29, 0.717) is 22.5 Å². The first-order chi connectivity index (χ1) is 12.7. The smallest absolute Gasteiger partial charge is 0.167 e. The van der Waals surface area contributed by atoms with Crippen molar-refractivity contribution in [3.63, 3.8) is 0 Å². The van der Waals surface area contributed by atoms with Gasteiger partial charge in [0.1, 0.15) is 18.3 Å². The Bertz CT molecular complexity index is 936. The van der Waals surface area contributed by atoms with Crippen molar-refractivity contribution in [2.24, 2.45) is 0 Å². The minimum Gasteiger partial charge on any atom is -0.507 e. The Morgan fingerprint density at radius 1 is 1.27 bits per heavy atom. The SMILES string of the molecule is COc1cc(O)c(CNc2ncnc3c2ncn3C2CCCO2)cc1O. The lowest BCUT2D eigenvalue weighted by molar-refractivity contribution is 0.0593. The van der Waals surface area contributed by atoms with Crippen LogP contribution in [-0.4, -0.2) is 43.4 Å². The fraction of sp³-hybridized carbons (Fsp3) is 0.353. The minimum atomic E-state index is -0.0506. The number of phenols is 2. The van der Waals surface area contributed by atoms with Gasteiger partial charge >= 0.3 is 0 Å². The second-order valence-electron chi connectivity index (χ2n) is 6.02. The van der Waals surface area contributed by atoms with E-state index in [-0.39, 0.29) is 30.0 Å². The van der Waals surface area contributed by atoms with Gasteiger partial charge in [0.15, 0.2) is 28.5 Å². The average molecular weight is 357 g/mol. The zero-order valence-electron chi connectivity index (χ0n) is 14.2. The number of rotatable bonds is 5. The Kier molecular flexibility index (Phi) is 4.21. The third-order valence-electron chi connectivity index (χ3n) is 4.40. The molecule has 1 saturated heterocycles. The largest absolute Gasteiger partial charge is 0.507 e. The highest BCUT2D eigenvalue weighted by Gasteiger charge is 2.21. The van der Waals surface area contributed by atoms with E-state index >= 15 is 0 Å². The number of ether oxygens (including phenoxy) is 2. The Labute approximate surface area is 149 Å². The number of methoxy groups -OCH3 is 1. The average Bonchev–Trinajstić information content (AvgIpc) is 3.31. The van der Waals surface area contributed by atoms with Gasteiger partial charge in [-0.1, -0.05) is 0 Å². The van der Waals surface area contributed by atoms with Crippen LogP contribution in [0.5, 0.6) is 17.2 Å². The third-order valence-corrected chi connectivity index (χ3v) is 4.40. The summed E-state index contributed by atoms with van der Waals surface area (Å²) in [5.74, 6) is 0.729. The van der Waals surface area contributed by atoms with E-state index in [9.17, 15) is 10.2 Å². The van der Waals surface area contributed by atoms with Gasteiger partial charge in [0.05, 0.1) is 13.4 Å². The molecule has 0 radical (unpaired) electrons. The summed E-state index contributed by atoms with van der Waals surface area (Å²) < 4.78 is 12.6. The van der Waals surface area contributed by atoms with Crippen molar-refractivity contribution >= 4 is 17.0 Å². The maximum Gasteiger partial charge on any atom is 0.167 e. The van der Waals surface area contributed by atoms with Crippen molar-refractivity contribution in [3.8, 4) is 17.2 Å². The Morgan fingerprint density at radius 2 is 2.15 bits per heavy atom. The summed E-state index contributed by atoms with van der Waals surface area (Å²) >= 11 is 0. The van der Waals surface area contributed by atoms with Gasteiger partial charge in [-0.05, 0) is 18.9 Å². The summed E-state index contributed by atoms with van der Waals surface area (Å²) in [5, 5.41) is 23.1. The van der Waals surface area contributed by atoms with Crippen LogP contribution < -0.4 is 10.1 Å². The van der Waals surface area contributed by atoms with Crippen LogP contribution in [0.4, 0.5) is 5.82 Å². The number of phenolic OH excluding ortho intramolecular Hbond substituents is 2. The van der Waals surface area contributed by atoms with Gasteiger partial charge in [0.2, 0.25) is 0 Å². The van der Waals surface area contributed by atoms with E-state index in [0.717, 1.165) is 19.4 Å². The molecule has 0 aliphatic carbocycles. The van der Waals surface area contributed by atoms with Crippen LogP contribution in [0.25, 0.3) is 11.2 Å². The molecule has 3 aromatic rings. The summed E-state index contributed by atoms with van der Waals surface area (Å²) in [7, 11) is 1.43. The number of benzene rings is 1. The van der Waals surface area contributed by atoms with E-state index in [4.69, 9.17) is 9.47 Å². The number of fused-ring (bicyclic) bond motifs is 1. The van der Waals surface area contributed by atoms with Gasteiger partial charge in [-0.2, -0.15) is 0 Å². The highest BCUT2D eigenvalue weighted by molar-refractivity contribution is 5.82. The lowest BCUT2D eigenvalue weighted by Crippen LogP contribution is -2.07. The van der Waals surface area contributed by atoms with Crippen molar-refractivity contribution in [1.82, 2.24) is 19.5 Å². The molecule has 3 N–H and O–H groups in total. The molecule has 1 aliphatic rings. The number of aromatic nitrogens is 4. The summed E-state index contributed by atoms with van der Waals surface area (Å²) in [6.45, 7) is 0.989. The van der Waals surface area contributed by atoms with E-state index in [2.05, 4.69) is 20.3 Å². The quantitative estimate of drug-likeness (QED) is 0.595.